The van der Waals surface area contributed by atoms with Gasteiger partial charge in [0.2, 0.25) is 0 Å². The monoisotopic (exact) mass is 206 g/mol. The summed E-state index contributed by atoms with van der Waals surface area (Å²) in [6.07, 6.45) is 4.50. The highest BCUT2D eigenvalue weighted by Gasteiger charge is 2.02. The van der Waals surface area contributed by atoms with E-state index in [1.54, 1.807) is 17.1 Å². The number of hydrogen-bond donors (Lipinski definition) is 1. The minimum absolute atomic E-state index is 0.343. The van der Waals surface area contributed by atoms with Crippen molar-refractivity contribution in [3.63, 3.8) is 0 Å². The maximum atomic E-state index is 12.8. The van der Waals surface area contributed by atoms with Gasteiger partial charge in [-0.25, -0.2) is 4.39 Å². The van der Waals surface area contributed by atoms with E-state index in [1.807, 2.05) is 6.92 Å². The van der Waals surface area contributed by atoms with Crippen molar-refractivity contribution in [2.24, 2.45) is 0 Å². The summed E-state index contributed by atoms with van der Waals surface area (Å²) in [5.41, 5.74) is 7.83. The third kappa shape index (κ3) is 2.12. The first-order chi connectivity index (χ1) is 7.15. The highest BCUT2D eigenvalue weighted by molar-refractivity contribution is 5.39. The lowest BCUT2D eigenvalue weighted by Gasteiger charge is -2.00. The summed E-state index contributed by atoms with van der Waals surface area (Å²) in [4.78, 5) is 3.76. The van der Waals surface area contributed by atoms with Gasteiger partial charge in [0, 0.05) is 12.4 Å². The van der Waals surface area contributed by atoms with Gasteiger partial charge in [-0.05, 0) is 18.6 Å². The minimum Gasteiger partial charge on any atom is -0.396 e. The van der Waals surface area contributed by atoms with Crippen LogP contribution in [0.1, 0.15) is 11.3 Å². The summed E-state index contributed by atoms with van der Waals surface area (Å²) in [5.74, 6) is -0.343. The Bertz CT molecular complexity index is 459. The molecule has 4 nitrogen and oxygen atoms in total. The molecule has 0 atom stereocenters. The largest absolute Gasteiger partial charge is 0.396 e. The Labute approximate surface area is 86.6 Å². The number of anilines is 1. The number of rotatable bonds is 2. The summed E-state index contributed by atoms with van der Waals surface area (Å²) in [5, 5.41) is 4.18. The van der Waals surface area contributed by atoms with Crippen LogP contribution in [0.2, 0.25) is 0 Å². The van der Waals surface area contributed by atoms with Gasteiger partial charge in [0.1, 0.15) is 5.82 Å². The molecule has 0 bridgehead atoms. The summed E-state index contributed by atoms with van der Waals surface area (Å²) in [6, 6.07) is 1.43. The highest BCUT2D eigenvalue weighted by atomic mass is 19.1. The molecule has 0 radical (unpaired) electrons. The smallest absolute Gasteiger partial charge is 0.141 e. The lowest BCUT2D eigenvalue weighted by atomic mass is 10.3. The Kier molecular flexibility index (Phi) is 2.37. The van der Waals surface area contributed by atoms with Gasteiger partial charge in [-0.3, -0.25) is 9.67 Å². The predicted molar refractivity (Wildman–Crippen MR) is 54.7 cm³/mol. The van der Waals surface area contributed by atoms with E-state index in [0.717, 1.165) is 11.3 Å². The van der Waals surface area contributed by atoms with E-state index in [1.165, 1.54) is 12.3 Å². The minimum atomic E-state index is -0.343. The number of pyridine rings is 1. The molecule has 0 aliphatic carbocycles. The molecule has 0 saturated carbocycles. The number of hydrogen-bond acceptors (Lipinski definition) is 3. The van der Waals surface area contributed by atoms with E-state index in [-0.39, 0.29) is 5.82 Å². The fourth-order valence-electron chi connectivity index (χ4n) is 1.34. The van der Waals surface area contributed by atoms with E-state index in [0.29, 0.717) is 12.2 Å². The van der Waals surface area contributed by atoms with Crippen LogP contribution in [-0.4, -0.2) is 14.8 Å². The van der Waals surface area contributed by atoms with Gasteiger partial charge in [-0.15, -0.1) is 0 Å². The molecule has 78 valence electrons. The maximum absolute atomic E-state index is 12.8. The topological polar surface area (TPSA) is 56.7 Å². The second kappa shape index (κ2) is 3.68. The number of nitrogens with zero attached hydrogens (tertiary/aromatic N) is 3. The van der Waals surface area contributed by atoms with Crippen molar-refractivity contribution in [3.05, 3.63) is 41.7 Å². The van der Waals surface area contributed by atoms with Crippen LogP contribution in [0.4, 0.5) is 10.1 Å². The zero-order valence-corrected chi connectivity index (χ0v) is 8.31. The average Bonchev–Trinajstić information content (AvgIpc) is 2.45. The van der Waals surface area contributed by atoms with Gasteiger partial charge in [0.15, 0.2) is 0 Å². The Morgan fingerprint density at radius 1 is 1.47 bits per heavy atom. The average molecular weight is 206 g/mol. The van der Waals surface area contributed by atoms with Crippen molar-refractivity contribution >= 4 is 5.69 Å². The van der Waals surface area contributed by atoms with Gasteiger partial charge < -0.3 is 5.73 Å². The molecule has 2 heterocycles. The molecule has 0 aliphatic heterocycles. The normalized spacial score (nSPS) is 10.5. The van der Waals surface area contributed by atoms with Crippen molar-refractivity contribution in [2.75, 3.05) is 5.73 Å². The van der Waals surface area contributed by atoms with Crippen molar-refractivity contribution in [1.29, 1.82) is 0 Å². The summed E-state index contributed by atoms with van der Waals surface area (Å²) in [7, 11) is 0. The van der Waals surface area contributed by atoms with Crippen molar-refractivity contribution in [2.45, 2.75) is 13.5 Å². The fraction of sp³-hybridized carbons (Fsp3) is 0.200. The molecule has 0 unspecified atom stereocenters. The molecule has 2 rings (SSSR count). The number of nitrogens with two attached hydrogens (primary N) is 1. The van der Waals surface area contributed by atoms with Gasteiger partial charge in [0.25, 0.3) is 0 Å². The molecule has 0 saturated heterocycles. The van der Waals surface area contributed by atoms with Gasteiger partial charge >= 0.3 is 0 Å². The highest BCUT2D eigenvalue weighted by Crippen LogP contribution is 2.09. The third-order valence-electron chi connectivity index (χ3n) is 2.09. The van der Waals surface area contributed by atoms with Crippen LogP contribution >= 0.6 is 0 Å². The first-order valence-corrected chi connectivity index (χ1v) is 4.54. The number of nitrogen functional groups attached to an aromatic ring is 1. The lowest BCUT2D eigenvalue weighted by molar-refractivity contribution is 0.611. The molecule has 2 aromatic rings. The maximum Gasteiger partial charge on any atom is 0.141 e. The van der Waals surface area contributed by atoms with E-state index < -0.39 is 0 Å². The van der Waals surface area contributed by atoms with E-state index in [2.05, 4.69) is 10.1 Å². The quantitative estimate of drug-likeness (QED) is 0.807. The molecule has 5 heteroatoms. The molecular formula is C10H11FN4. The Balaban J connectivity index is 2.22. The van der Waals surface area contributed by atoms with Gasteiger partial charge in [-0.1, -0.05) is 0 Å². The Hall–Kier alpha value is -1.91. The van der Waals surface area contributed by atoms with E-state index in [9.17, 15) is 4.39 Å². The molecule has 15 heavy (non-hydrogen) atoms. The number of aryl methyl sites for hydroxylation is 1. The van der Waals surface area contributed by atoms with E-state index >= 15 is 0 Å². The molecule has 0 amide bonds. The zero-order chi connectivity index (χ0) is 10.8. The number of halogens is 1. The predicted octanol–water partition coefficient (Wildman–Crippen LogP) is 1.36. The first-order valence-electron chi connectivity index (χ1n) is 4.54. The SMILES string of the molecule is Cc1nn(Cc2cncc(F)c2)cc1N. The second-order valence-electron chi connectivity index (χ2n) is 3.38. The lowest BCUT2D eigenvalue weighted by Crippen LogP contribution is -2.01. The van der Waals surface area contributed by atoms with Crippen LogP contribution in [0, 0.1) is 12.7 Å². The molecule has 0 spiro atoms. The summed E-state index contributed by atoms with van der Waals surface area (Å²) >= 11 is 0. The van der Waals surface area contributed by atoms with Crippen molar-refractivity contribution in [1.82, 2.24) is 14.8 Å². The van der Waals surface area contributed by atoms with Crippen LogP contribution in [-0.2, 0) is 6.54 Å². The standard InChI is InChI=1S/C10H11FN4/c1-7-10(12)6-15(14-7)5-8-2-9(11)4-13-3-8/h2-4,6H,5,12H2,1H3. The van der Waals surface area contributed by atoms with Crippen LogP contribution < -0.4 is 5.73 Å². The van der Waals surface area contributed by atoms with Gasteiger partial charge in [0.05, 0.1) is 24.1 Å². The summed E-state index contributed by atoms with van der Waals surface area (Å²) < 4.78 is 14.5. The fourth-order valence-corrected chi connectivity index (χ4v) is 1.34. The number of aromatic nitrogens is 3. The molecule has 0 aromatic carbocycles. The summed E-state index contributed by atoms with van der Waals surface area (Å²) in [6.45, 7) is 2.30. The molecule has 2 aromatic heterocycles. The van der Waals surface area contributed by atoms with Crippen LogP contribution in [0.25, 0.3) is 0 Å². The molecule has 2 N–H and O–H groups in total. The molecule has 0 aliphatic rings. The van der Waals surface area contributed by atoms with Gasteiger partial charge in [-0.2, -0.15) is 5.10 Å². The van der Waals surface area contributed by atoms with E-state index in [4.69, 9.17) is 5.73 Å². The van der Waals surface area contributed by atoms with Crippen molar-refractivity contribution in [3.8, 4) is 0 Å². The Morgan fingerprint density at radius 3 is 2.87 bits per heavy atom. The van der Waals surface area contributed by atoms with Crippen molar-refractivity contribution < 1.29 is 4.39 Å². The second-order valence-corrected chi connectivity index (χ2v) is 3.38. The Morgan fingerprint density at radius 2 is 2.27 bits per heavy atom. The third-order valence-corrected chi connectivity index (χ3v) is 2.09. The first kappa shape index (κ1) is 9.64. The van der Waals surface area contributed by atoms with Crippen LogP contribution in [0.3, 0.4) is 0 Å². The zero-order valence-electron chi connectivity index (χ0n) is 8.31. The molecular weight excluding hydrogens is 195 g/mol. The van der Waals surface area contributed by atoms with Crippen LogP contribution in [0.5, 0.6) is 0 Å². The van der Waals surface area contributed by atoms with Crippen LogP contribution in [0.15, 0.2) is 24.7 Å². The molecule has 0 fully saturated rings.